The molecule has 0 aliphatic carbocycles. The van der Waals surface area contributed by atoms with Gasteiger partial charge in [-0.05, 0) is 25.1 Å². The van der Waals surface area contributed by atoms with Gasteiger partial charge in [0.2, 0.25) is 5.91 Å². The van der Waals surface area contributed by atoms with Crippen LogP contribution in [0.15, 0.2) is 24.3 Å². The van der Waals surface area contributed by atoms with Crippen molar-refractivity contribution in [2.75, 3.05) is 31.5 Å². The third kappa shape index (κ3) is 6.40. The van der Waals surface area contributed by atoms with Crippen LogP contribution in [0.5, 0.6) is 0 Å². The lowest BCUT2D eigenvalue weighted by Crippen LogP contribution is -2.39. The number of amides is 2. The molecule has 0 radical (unpaired) electrons. The Morgan fingerprint density at radius 3 is 2.23 bits per heavy atom. The maximum absolute atomic E-state index is 11.8. The predicted molar refractivity (Wildman–Crippen MR) is 87.3 cm³/mol. The van der Waals surface area contributed by atoms with E-state index in [1.54, 1.807) is 31.2 Å². The van der Waals surface area contributed by atoms with Gasteiger partial charge in [0.1, 0.15) is 12.1 Å². The highest BCUT2D eigenvalue weighted by atomic mass is 35.5. The first kappa shape index (κ1) is 20.3. The van der Waals surface area contributed by atoms with E-state index in [0.717, 1.165) is 0 Å². The summed E-state index contributed by atoms with van der Waals surface area (Å²) < 4.78 is 9.75. The molecule has 7 nitrogen and oxygen atoms in total. The standard InChI is InChI=1S/C14H21N3O4.ClH/c1-9(21-3)13(18)16-10-5-4-6-11(7-10)17-14(19)12(15)8-20-2;/h4-7,9,12H,8,15H2,1-3H3,(H,16,18)(H,17,19);1H. The number of benzene rings is 1. The van der Waals surface area contributed by atoms with Crippen molar-refractivity contribution in [3.63, 3.8) is 0 Å². The Balaban J connectivity index is 0.00000441. The molecule has 2 atom stereocenters. The normalized spacial score (nSPS) is 12.7. The average molecular weight is 332 g/mol. The number of hydrogen-bond acceptors (Lipinski definition) is 5. The maximum atomic E-state index is 11.8. The molecular weight excluding hydrogens is 310 g/mol. The van der Waals surface area contributed by atoms with E-state index in [1.165, 1.54) is 14.2 Å². The summed E-state index contributed by atoms with van der Waals surface area (Å²) in [7, 11) is 2.93. The lowest BCUT2D eigenvalue weighted by atomic mass is 10.2. The number of carbonyl (C=O) groups excluding carboxylic acids is 2. The molecule has 2 amide bonds. The van der Waals surface area contributed by atoms with Crippen LogP contribution in [0.4, 0.5) is 11.4 Å². The van der Waals surface area contributed by atoms with E-state index >= 15 is 0 Å². The highest BCUT2D eigenvalue weighted by Crippen LogP contribution is 2.15. The molecule has 1 rings (SSSR count). The van der Waals surface area contributed by atoms with Crippen molar-refractivity contribution in [3.8, 4) is 0 Å². The number of carbonyl (C=O) groups is 2. The number of ether oxygens (including phenoxy) is 2. The number of nitrogens with two attached hydrogens (primary N) is 1. The molecule has 4 N–H and O–H groups in total. The maximum Gasteiger partial charge on any atom is 0.253 e. The molecule has 1 aromatic carbocycles. The minimum Gasteiger partial charge on any atom is -0.383 e. The van der Waals surface area contributed by atoms with Crippen molar-refractivity contribution in [1.29, 1.82) is 0 Å². The van der Waals surface area contributed by atoms with Crippen molar-refractivity contribution in [2.24, 2.45) is 5.73 Å². The number of nitrogens with one attached hydrogen (secondary N) is 2. The van der Waals surface area contributed by atoms with Crippen LogP contribution in [-0.4, -0.2) is 44.8 Å². The van der Waals surface area contributed by atoms with E-state index in [0.29, 0.717) is 11.4 Å². The van der Waals surface area contributed by atoms with E-state index in [1.807, 2.05) is 0 Å². The third-order valence-corrected chi connectivity index (χ3v) is 2.80. The second kappa shape index (κ2) is 10.1. The summed E-state index contributed by atoms with van der Waals surface area (Å²) in [5.41, 5.74) is 6.72. The number of hydrogen-bond donors (Lipinski definition) is 3. The van der Waals surface area contributed by atoms with E-state index in [4.69, 9.17) is 15.2 Å². The number of halogens is 1. The van der Waals surface area contributed by atoms with Crippen molar-refractivity contribution < 1.29 is 19.1 Å². The molecular formula is C14H22ClN3O4. The van der Waals surface area contributed by atoms with Gasteiger partial charge >= 0.3 is 0 Å². The SMILES string of the molecule is COCC(N)C(=O)Nc1cccc(NC(=O)C(C)OC)c1.Cl. The zero-order valence-electron chi connectivity index (χ0n) is 12.8. The summed E-state index contributed by atoms with van der Waals surface area (Å²) in [5, 5.41) is 5.35. The lowest BCUT2D eigenvalue weighted by Gasteiger charge is -2.13. The van der Waals surface area contributed by atoms with Crippen LogP contribution < -0.4 is 16.4 Å². The van der Waals surface area contributed by atoms with Gasteiger partial charge in [0.15, 0.2) is 0 Å². The van der Waals surface area contributed by atoms with Crippen LogP contribution >= 0.6 is 12.4 Å². The molecule has 0 saturated carbocycles. The minimum absolute atomic E-state index is 0. The monoisotopic (exact) mass is 331 g/mol. The Hall–Kier alpha value is -1.67. The fraction of sp³-hybridized carbons (Fsp3) is 0.429. The van der Waals surface area contributed by atoms with Crippen LogP contribution in [-0.2, 0) is 19.1 Å². The fourth-order valence-electron chi connectivity index (χ4n) is 1.52. The predicted octanol–water partition coefficient (Wildman–Crippen LogP) is 0.994. The molecule has 124 valence electrons. The average Bonchev–Trinajstić information content (AvgIpc) is 2.46. The summed E-state index contributed by atoms with van der Waals surface area (Å²) in [6, 6.07) is 6.02. The van der Waals surface area contributed by atoms with Gasteiger partial charge in [-0.1, -0.05) is 6.07 Å². The molecule has 0 aliphatic rings. The minimum atomic E-state index is -0.748. The van der Waals surface area contributed by atoms with Crippen LogP contribution in [0, 0.1) is 0 Å². The Bertz CT molecular complexity index is 499. The molecule has 8 heteroatoms. The topological polar surface area (TPSA) is 103 Å². The van der Waals surface area contributed by atoms with Gasteiger partial charge in [-0.15, -0.1) is 12.4 Å². The van der Waals surface area contributed by atoms with Crippen LogP contribution in [0.2, 0.25) is 0 Å². The van der Waals surface area contributed by atoms with Gasteiger partial charge in [0, 0.05) is 25.6 Å². The number of anilines is 2. The Labute approximate surface area is 135 Å². The van der Waals surface area contributed by atoms with Gasteiger partial charge in [-0.2, -0.15) is 0 Å². The molecule has 0 fully saturated rings. The van der Waals surface area contributed by atoms with E-state index in [9.17, 15) is 9.59 Å². The van der Waals surface area contributed by atoms with Crippen LogP contribution in [0.25, 0.3) is 0 Å². The van der Waals surface area contributed by atoms with E-state index < -0.39 is 12.1 Å². The van der Waals surface area contributed by atoms with Crippen molar-refractivity contribution in [2.45, 2.75) is 19.1 Å². The summed E-state index contributed by atoms with van der Waals surface area (Å²) >= 11 is 0. The van der Waals surface area contributed by atoms with Gasteiger partial charge in [-0.25, -0.2) is 0 Å². The first-order valence-electron chi connectivity index (χ1n) is 6.47. The molecule has 1 aromatic rings. The zero-order chi connectivity index (χ0) is 15.8. The Morgan fingerprint density at radius 1 is 1.18 bits per heavy atom. The highest BCUT2D eigenvalue weighted by molar-refractivity contribution is 5.97. The van der Waals surface area contributed by atoms with E-state index in [2.05, 4.69) is 10.6 Å². The Kier molecular flexibility index (Phi) is 9.35. The van der Waals surface area contributed by atoms with E-state index in [-0.39, 0.29) is 30.8 Å². The van der Waals surface area contributed by atoms with Crippen LogP contribution in [0.1, 0.15) is 6.92 Å². The van der Waals surface area contributed by atoms with Crippen molar-refractivity contribution in [3.05, 3.63) is 24.3 Å². The second-order valence-electron chi connectivity index (χ2n) is 4.50. The molecule has 0 saturated heterocycles. The van der Waals surface area contributed by atoms with Crippen LogP contribution in [0.3, 0.4) is 0 Å². The van der Waals surface area contributed by atoms with Crippen molar-refractivity contribution >= 4 is 35.6 Å². The quantitative estimate of drug-likeness (QED) is 0.691. The number of methoxy groups -OCH3 is 2. The second-order valence-corrected chi connectivity index (χ2v) is 4.50. The molecule has 0 spiro atoms. The van der Waals surface area contributed by atoms with Gasteiger partial charge in [-0.3, -0.25) is 9.59 Å². The molecule has 0 bridgehead atoms. The van der Waals surface area contributed by atoms with Gasteiger partial charge < -0.3 is 25.8 Å². The molecule has 0 aromatic heterocycles. The van der Waals surface area contributed by atoms with Gasteiger partial charge in [0.05, 0.1) is 6.61 Å². The Morgan fingerprint density at radius 2 is 1.73 bits per heavy atom. The fourth-order valence-corrected chi connectivity index (χ4v) is 1.52. The largest absolute Gasteiger partial charge is 0.383 e. The summed E-state index contributed by atoms with van der Waals surface area (Å²) in [5.74, 6) is -0.623. The van der Waals surface area contributed by atoms with Crippen molar-refractivity contribution in [1.82, 2.24) is 0 Å². The molecule has 0 aliphatic heterocycles. The lowest BCUT2D eigenvalue weighted by molar-refractivity contribution is -0.124. The third-order valence-electron chi connectivity index (χ3n) is 2.80. The first-order valence-corrected chi connectivity index (χ1v) is 6.47. The number of rotatable bonds is 7. The summed E-state index contributed by atoms with van der Waals surface area (Å²) in [6.45, 7) is 1.78. The molecule has 0 heterocycles. The smallest absolute Gasteiger partial charge is 0.253 e. The first-order chi connectivity index (χ1) is 9.97. The van der Waals surface area contributed by atoms with Gasteiger partial charge in [0.25, 0.3) is 5.91 Å². The summed E-state index contributed by atoms with van der Waals surface area (Å²) in [6.07, 6.45) is -0.557. The molecule has 2 unspecified atom stereocenters. The molecule has 22 heavy (non-hydrogen) atoms. The summed E-state index contributed by atoms with van der Waals surface area (Å²) in [4.78, 5) is 23.5. The zero-order valence-corrected chi connectivity index (χ0v) is 13.6. The highest BCUT2D eigenvalue weighted by Gasteiger charge is 2.14.